The third-order valence-electron chi connectivity index (χ3n) is 16.8. The molecule has 0 aliphatic carbocycles. The Bertz CT molecular complexity index is 2150. The van der Waals surface area contributed by atoms with Gasteiger partial charge < -0.3 is 39.9 Å². The van der Waals surface area contributed by atoms with E-state index in [1.54, 1.807) is 0 Å². The van der Waals surface area contributed by atoms with Gasteiger partial charge in [0.15, 0.2) is 0 Å². The summed E-state index contributed by atoms with van der Waals surface area (Å²) in [6, 6.07) is 1.13. The van der Waals surface area contributed by atoms with Gasteiger partial charge in [-0.25, -0.2) is 9.59 Å². The fourth-order valence-corrected chi connectivity index (χ4v) is 12.3. The first kappa shape index (κ1) is 51.9. The summed E-state index contributed by atoms with van der Waals surface area (Å²) in [6.45, 7) is 23.1. The normalized spacial score (nSPS) is 32.5. The number of likely N-dealkylation sites (tertiary alicyclic amines) is 2. The number of imide groups is 2. The number of urea groups is 2. The fraction of sp³-hybridized carbons (Fsp3) is 0.708. The molecule has 8 atom stereocenters. The summed E-state index contributed by atoms with van der Waals surface area (Å²) >= 11 is 0. The molecular formula is C48H70N6O12-2. The van der Waals surface area contributed by atoms with Crippen molar-refractivity contribution in [1.29, 1.82) is 0 Å². The third kappa shape index (κ3) is 8.56. The Morgan fingerprint density at radius 2 is 1.05 bits per heavy atom. The highest BCUT2D eigenvalue weighted by atomic mass is 16.5. The zero-order valence-electron chi connectivity index (χ0n) is 40.9. The third-order valence-corrected chi connectivity index (χ3v) is 16.8. The van der Waals surface area contributed by atoms with Gasteiger partial charge in [0, 0.05) is 85.1 Å². The van der Waals surface area contributed by atoms with Gasteiger partial charge in [0.05, 0.1) is 11.9 Å². The largest absolute Gasteiger partial charge is 0.545 e. The van der Waals surface area contributed by atoms with E-state index in [2.05, 4.69) is 20.4 Å². The minimum absolute atomic E-state index is 0.0857. The van der Waals surface area contributed by atoms with Gasteiger partial charge in [0.2, 0.25) is 0 Å². The molecule has 5 rings (SSSR count). The highest BCUT2D eigenvalue weighted by Crippen LogP contribution is 2.53. The van der Waals surface area contributed by atoms with Crippen molar-refractivity contribution in [2.75, 3.05) is 39.4 Å². The number of amides is 6. The number of piperidine rings is 2. The maximum atomic E-state index is 14.7. The number of hydrogen-bond donors (Lipinski definition) is 2. The molecule has 18 nitrogen and oxygen atoms in total. The molecule has 8 unspecified atom stereocenters. The number of rotatable bonds is 18. The van der Waals surface area contributed by atoms with E-state index in [-0.39, 0.29) is 63.1 Å². The summed E-state index contributed by atoms with van der Waals surface area (Å²) in [5.74, 6) is -6.05. The summed E-state index contributed by atoms with van der Waals surface area (Å²) in [6.07, 6.45) is 2.33. The van der Waals surface area contributed by atoms with Crippen LogP contribution in [0.15, 0.2) is 12.1 Å². The fourth-order valence-electron chi connectivity index (χ4n) is 12.3. The number of nitrogens with one attached hydrogen (secondary N) is 2. The van der Waals surface area contributed by atoms with E-state index in [0.717, 1.165) is 9.80 Å². The van der Waals surface area contributed by atoms with Crippen LogP contribution in [0.5, 0.6) is 0 Å². The Kier molecular flexibility index (Phi) is 14.8. The molecule has 4 saturated heterocycles. The summed E-state index contributed by atoms with van der Waals surface area (Å²) in [7, 11) is 0. The van der Waals surface area contributed by atoms with Gasteiger partial charge in [-0.3, -0.25) is 38.8 Å². The molecule has 4 aliphatic rings. The SMILES string of the molecule is CCC1(C)CC2(NC(=O)N(CCc3ccc(C(=O)[O-])c(CCN4C(=O)NC5(CC(C)(CC)N(CCOC(C)=O)C(C)(CC)C5C)C4=O)c3C(=O)[O-])C2=O)C(C)C(C)(CC)N1CCOC(C)=O. The van der Waals surface area contributed by atoms with E-state index >= 15 is 0 Å². The van der Waals surface area contributed by atoms with Crippen LogP contribution in [0.4, 0.5) is 9.59 Å². The number of carbonyl (C=O) groups excluding carboxylic acids is 8. The maximum absolute atomic E-state index is 14.7. The van der Waals surface area contributed by atoms with Gasteiger partial charge in [-0.15, -0.1) is 0 Å². The van der Waals surface area contributed by atoms with Crippen LogP contribution in [-0.4, -0.2) is 140 Å². The summed E-state index contributed by atoms with van der Waals surface area (Å²) in [5, 5.41) is 31.6. The Labute approximate surface area is 388 Å². The number of carboxylic acid groups (broad SMARTS) is 2. The average molecular weight is 923 g/mol. The van der Waals surface area contributed by atoms with Crippen LogP contribution >= 0.6 is 0 Å². The molecule has 1 aromatic carbocycles. The molecule has 4 heterocycles. The lowest BCUT2D eigenvalue weighted by Gasteiger charge is -2.63. The predicted molar refractivity (Wildman–Crippen MR) is 237 cm³/mol. The number of carboxylic acids is 2. The van der Waals surface area contributed by atoms with Crippen molar-refractivity contribution in [3.8, 4) is 0 Å². The molecule has 0 radical (unpaired) electrons. The summed E-state index contributed by atoms with van der Waals surface area (Å²) in [4.78, 5) is 113. The molecule has 2 N–H and O–H groups in total. The van der Waals surface area contributed by atoms with Crippen molar-refractivity contribution in [3.63, 3.8) is 0 Å². The van der Waals surface area contributed by atoms with Crippen LogP contribution < -0.4 is 20.8 Å². The lowest BCUT2D eigenvalue weighted by atomic mass is 9.60. The number of hydrogen-bond acceptors (Lipinski definition) is 14. The molecule has 0 aromatic heterocycles. The van der Waals surface area contributed by atoms with Gasteiger partial charge >= 0.3 is 24.0 Å². The number of benzene rings is 1. The number of carbonyl (C=O) groups is 8. The van der Waals surface area contributed by atoms with Crippen LogP contribution in [0.2, 0.25) is 0 Å². The van der Waals surface area contributed by atoms with Crippen molar-refractivity contribution < 1.29 is 58.0 Å². The highest BCUT2D eigenvalue weighted by Gasteiger charge is 2.68. The summed E-state index contributed by atoms with van der Waals surface area (Å²) in [5.41, 5.74) is -6.27. The number of ether oxygens (including phenoxy) is 2. The van der Waals surface area contributed by atoms with Crippen molar-refractivity contribution in [2.24, 2.45) is 11.8 Å². The Balaban J connectivity index is 1.42. The van der Waals surface area contributed by atoms with E-state index in [9.17, 15) is 48.6 Å². The van der Waals surface area contributed by atoms with Crippen LogP contribution in [0.3, 0.4) is 0 Å². The van der Waals surface area contributed by atoms with E-state index in [0.29, 0.717) is 38.8 Å². The lowest BCUT2D eigenvalue weighted by molar-refractivity contribution is -0.255. The first-order chi connectivity index (χ1) is 30.7. The average Bonchev–Trinajstić information content (AvgIpc) is 3.64. The first-order valence-electron chi connectivity index (χ1n) is 23.4. The maximum Gasteiger partial charge on any atom is 0.325 e. The quantitative estimate of drug-likeness (QED) is 0.159. The minimum Gasteiger partial charge on any atom is -0.545 e. The molecule has 66 heavy (non-hydrogen) atoms. The molecule has 4 fully saturated rings. The van der Waals surface area contributed by atoms with Gasteiger partial charge in [-0.05, 0) is 90.2 Å². The number of esters is 2. The molecule has 4 aliphatic heterocycles. The smallest absolute Gasteiger partial charge is 0.325 e. The van der Waals surface area contributed by atoms with E-state index in [4.69, 9.17) is 9.47 Å². The first-order valence-corrected chi connectivity index (χ1v) is 23.4. The molecule has 366 valence electrons. The van der Waals surface area contributed by atoms with Crippen LogP contribution in [0.25, 0.3) is 0 Å². The second kappa shape index (κ2) is 18.9. The molecule has 18 heteroatoms. The second-order valence-electron chi connectivity index (χ2n) is 19.8. The minimum atomic E-state index is -1.72. The zero-order valence-corrected chi connectivity index (χ0v) is 40.9. The molecular weight excluding hydrogens is 853 g/mol. The van der Waals surface area contributed by atoms with E-state index in [1.165, 1.54) is 26.0 Å². The predicted octanol–water partition coefficient (Wildman–Crippen LogP) is 2.56. The number of nitrogens with zero attached hydrogens (tertiary/aromatic N) is 4. The molecule has 0 bridgehead atoms. The van der Waals surface area contributed by atoms with E-state index < -0.39 is 104 Å². The van der Waals surface area contributed by atoms with Gasteiger partial charge in [-0.1, -0.05) is 53.7 Å². The van der Waals surface area contributed by atoms with Gasteiger partial charge in [0.1, 0.15) is 24.3 Å². The van der Waals surface area contributed by atoms with Crippen LogP contribution in [0.1, 0.15) is 153 Å². The Morgan fingerprint density at radius 1 is 0.636 bits per heavy atom. The van der Waals surface area contributed by atoms with Crippen molar-refractivity contribution >= 4 is 47.8 Å². The molecule has 2 spiro atoms. The zero-order chi connectivity index (χ0) is 49.5. The topological polar surface area (TPSA) is 238 Å². The Morgan fingerprint density at radius 3 is 1.39 bits per heavy atom. The second-order valence-corrected chi connectivity index (χ2v) is 19.8. The van der Waals surface area contributed by atoms with Crippen molar-refractivity contribution in [3.05, 3.63) is 34.4 Å². The van der Waals surface area contributed by atoms with Crippen molar-refractivity contribution in [1.82, 2.24) is 30.2 Å². The Hall–Kier alpha value is -5.10. The van der Waals surface area contributed by atoms with Crippen LogP contribution in [-0.2, 0) is 41.5 Å². The highest BCUT2D eigenvalue weighted by molar-refractivity contribution is 6.08. The lowest BCUT2D eigenvalue weighted by Crippen LogP contribution is -2.75. The van der Waals surface area contributed by atoms with Gasteiger partial charge in [0.25, 0.3) is 11.8 Å². The molecule has 6 amide bonds. The molecule has 1 aromatic rings. The van der Waals surface area contributed by atoms with Gasteiger partial charge in [-0.2, -0.15) is 0 Å². The number of aromatic carboxylic acids is 2. The standard InChI is InChI=1S/C48H72N6O12/c1-13-43(9)27-47(29(5)45(11,15-3)53(43)23-25-65-31(7)55)39(61)51(41(63)49-47)21-19-33-17-18-35(37(57)58)34(36(33)38(59)60)20-22-52-40(62)48(50-42(52)64)28-44(10,14-2)54(24-26-66-32(8)56)46(12,16-4)30(48)6/h17-18,29-30H,13-16,19-28H2,1-12H3,(H,49,63)(H,50,64)(H,57,58)(H,59,60)/p-2. The van der Waals surface area contributed by atoms with E-state index in [1.807, 2.05) is 69.2 Å². The monoisotopic (exact) mass is 923 g/mol. The molecule has 0 saturated carbocycles. The van der Waals surface area contributed by atoms with Crippen molar-refractivity contribution in [2.45, 2.75) is 168 Å². The summed E-state index contributed by atoms with van der Waals surface area (Å²) < 4.78 is 10.6. The van der Waals surface area contributed by atoms with Crippen LogP contribution in [0, 0.1) is 11.8 Å².